The van der Waals surface area contributed by atoms with Crippen LogP contribution in [0.2, 0.25) is 5.02 Å². The largest absolute Gasteiger partial charge is 0.495 e. The van der Waals surface area contributed by atoms with E-state index in [4.69, 9.17) is 21.1 Å². The first-order valence-electron chi connectivity index (χ1n) is 6.46. The molecule has 0 aliphatic carbocycles. The van der Waals surface area contributed by atoms with Crippen molar-refractivity contribution in [1.82, 2.24) is 0 Å². The summed E-state index contributed by atoms with van der Waals surface area (Å²) in [7, 11) is -1.94. The van der Waals surface area contributed by atoms with E-state index in [0.29, 0.717) is 23.1 Å². The van der Waals surface area contributed by atoms with E-state index in [-0.39, 0.29) is 11.9 Å². The van der Waals surface area contributed by atoms with Gasteiger partial charge in [0.2, 0.25) is 10.0 Å². The van der Waals surface area contributed by atoms with Gasteiger partial charge in [0.1, 0.15) is 5.75 Å². The molecular formula is C13H18ClNO4S. The van der Waals surface area contributed by atoms with Crippen LogP contribution in [0.5, 0.6) is 5.75 Å². The van der Waals surface area contributed by atoms with Crippen molar-refractivity contribution in [2.24, 2.45) is 0 Å². The molecule has 1 aromatic rings. The number of benzene rings is 1. The van der Waals surface area contributed by atoms with Crippen LogP contribution in [-0.4, -0.2) is 34.0 Å². The van der Waals surface area contributed by atoms with Gasteiger partial charge in [0.25, 0.3) is 0 Å². The van der Waals surface area contributed by atoms with Gasteiger partial charge >= 0.3 is 0 Å². The lowest BCUT2D eigenvalue weighted by molar-refractivity contribution is 0.0306. The van der Waals surface area contributed by atoms with Crippen LogP contribution in [0.4, 0.5) is 5.69 Å². The minimum atomic E-state index is -3.45. The van der Waals surface area contributed by atoms with E-state index in [2.05, 4.69) is 4.72 Å². The van der Waals surface area contributed by atoms with Gasteiger partial charge < -0.3 is 9.47 Å². The summed E-state index contributed by atoms with van der Waals surface area (Å²) in [5, 5.41) is 0.363. The molecular weight excluding hydrogens is 302 g/mol. The van der Waals surface area contributed by atoms with Gasteiger partial charge in [0.15, 0.2) is 0 Å². The molecule has 1 saturated heterocycles. The van der Waals surface area contributed by atoms with Crippen LogP contribution in [0.15, 0.2) is 18.2 Å². The molecule has 1 fully saturated rings. The fourth-order valence-corrected chi connectivity index (χ4v) is 3.71. The molecule has 1 aromatic carbocycles. The van der Waals surface area contributed by atoms with Crippen molar-refractivity contribution in [1.29, 1.82) is 0 Å². The Labute approximate surface area is 124 Å². The molecule has 20 heavy (non-hydrogen) atoms. The van der Waals surface area contributed by atoms with Gasteiger partial charge in [-0.3, -0.25) is 4.72 Å². The van der Waals surface area contributed by atoms with Crippen LogP contribution in [-0.2, 0) is 14.8 Å². The van der Waals surface area contributed by atoms with Gasteiger partial charge in [-0.05, 0) is 37.5 Å². The average Bonchev–Trinajstić information content (AvgIpc) is 2.39. The molecule has 1 aliphatic heterocycles. The summed E-state index contributed by atoms with van der Waals surface area (Å²) >= 11 is 5.97. The van der Waals surface area contributed by atoms with Crippen LogP contribution >= 0.6 is 11.6 Å². The SMILES string of the molecule is COc1ccc(NS(=O)(=O)C[C@H]2CCCCO2)cc1Cl. The standard InChI is InChI=1S/C13H18ClNO4S/c1-18-13-6-5-10(8-12(13)14)15-20(16,17)9-11-4-2-3-7-19-11/h5-6,8,11,15H,2-4,7,9H2,1H3/t11-/m1/s1. The van der Waals surface area contributed by atoms with Crippen molar-refractivity contribution in [3.8, 4) is 5.75 Å². The zero-order valence-corrected chi connectivity index (χ0v) is 12.8. The Morgan fingerprint density at radius 3 is 2.85 bits per heavy atom. The van der Waals surface area contributed by atoms with Crippen molar-refractivity contribution in [3.05, 3.63) is 23.2 Å². The summed E-state index contributed by atoms with van der Waals surface area (Å²) in [5.41, 5.74) is 0.423. The number of ether oxygens (including phenoxy) is 2. The molecule has 5 nitrogen and oxygen atoms in total. The van der Waals surface area contributed by atoms with Crippen LogP contribution in [0.25, 0.3) is 0 Å². The molecule has 0 amide bonds. The molecule has 7 heteroatoms. The van der Waals surface area contributed by atoms with E-state index in [1.807, 2.05) is 0 Å². The lowest BCUT2D eigenvalue weighted by Gasteiger charge is -2.22. The second-order valence-corrected chi connectivity index (χ2v) is 6.90. The van der Waals surface area contributed by atoms with E-state index >= 15 is 0 Å². The van der Waals surface area contributed by atoms with E-state index < -0.39 is 10.0 Å². The Kier molecular flexibility index (Phi) is 5.12. The minimum absolute atomic E-state index is 0.0311. The van der Waals surface area contributed by atoms with Gasteiger partial charge in [0.05, 0.1) is 29.7 Å². The van der Waals surface area contributed by atoms with E-state index in [1.165, 1.54) is 13.2 Å². The van der Waals surface area contributed by atoms with E-state index in [1.54, 1.807) is 12.1 Å². The molecule has 0 bridgehead atoms. The first kappa shape index (κ1) is 15.4. The molecule has 2 rings (SSSR count). The average molecular weight is 320 g/mol. The zero-order chi connectivity index (χ0) is 14.6. The van der Waals surface area contributed by atoms with Crippen molar-refractivity contribution in [3.63, 3.8) is 0 Å². The maximum Gasteiger partial charge on any atom is 0.235 e. The zero-order valence-electron chi connectivity index (χ0n) is 11.3. The highest BCUT2D eigenvalue weighted by molar-refractivity contribution is 7.92. The molecule has 112 valence electrons. The summed E-state index contributed by atoms with van der Waals surface area (Å²) < 4.78 is 37.1. The number of halogens is 1. The number of methoxy groups -OCH3 is 1. The summed E-state index contributed by atoms with van der Waals surface area (Å²) in [6, 6.07) is 4.76. The fourth-order valence-electron chi connectivity index (χ4n) is 2.13. The second-order valence-electron chi connectivity index (χ2n) is 4.72. The number of sulfonamides is 1. The Morgan fingerprint density at radius 2 is 2.25 bits per heavy atom. The Hall–Kier alpha value is -0.980. The van der Waals surface area contributed by atoms with E-state index in [0.717, 1.165) is 19.3 Å². The fraction of sp³-hybridized carbons (Fsp3) is 0.538. The van der Waals surface area contributed by atoms with Gasteiger partial charge in [-0.1, -0.05) is 11.6 Å². The van der Waals surface area contributed by atoms with Crippen molar-refractivity contribution >= 4 is 27.3 Å². The monoisotopic (exact) mass is 319 g/mol. The predicted molar refractivity (Wildman–Crippen MR) is 79.0 cm³/mol. The van der Waals surface area contributed by atoms with Crippen molar-refractivity contribution < 1.29 is 17.9 Å². The van der Waals surface area contributed by atoms with Crippen molar-refractivity contribution in [2.45, 2.75) is 25.4 Å². The molecule has 0 unspecified atom stereocenters. The highest BCUT2D eigenvalue weighted by Gasteiger charge is 2.22. The maximum absolute atomic E-state index is 12.1. The molecule has 0 saturated carbocycles. The smallest absolute Gasteiger partial charge is 0.235 e. The number of rotatable bonds is 5. The lowest BCUT2D eigenvalue weighted by atomic mass is 10.1. The van der Waals surface area contributed by atoms with Gasteiger partial charge in [-0.2, -0.15) is 0 Å². The molecule has 1 heterocycles. The summed E-state index contributed by atoms with van der Waals surface area (Å²) in [6.07, 6.45) is 2.56. The third kappa shape index (κ3) is 4.26. The number of nitrogens with one attached hydrogen (secondary N) is 1. The topological polar surface area (TPSA) is 64.6 Å². The normalized spacial score (nSPS) is 19.6. The highest BCUT2D eigenvalue weighted by atomic mass is 35.5. The Morgan fingerprint density at radius 1 is 1.45 bits per heavy atom. The molecule has 1 aliphatic rings. The predicted octanol–water partition coefficient (Wildman–Crippen LogP) is 2.66. The molecule has 0 radical (unpaired) electrons. The van der Waals surface area contributed by atoms with Crippen LogP contribution in [0.3, 0.4) is 0 Å². The van der Waals surface area contributed by atoms with Crippen LogP contribution in [0.1, 0.15) is 19.3 Å². The Bertz CT molecular complexity index is 555. The highest BCUT2D eigenvalue weighted by Crippen LogP contribution is 2.27. The number of hydrogen-bond acceptors (Lipinski definition) is 4. The maximum atomic E-state index is 12.1. The third-order valence-corrected chi connectivity index (χ3v) is 4.76. The second kappa shape index (κ2) is 6.65. The van der Waals surface area contributed by atoms with Gasteiger partial charge in [-0.15, -0.1) is 0 Å². The minimum Gasteiger partial charge on any atom is -0.495 e. The molecule has 1 N–H and O–H groups in total. The first-order valence-corrected chi connectivity index (χ1v) is 8.49. The lowest BCUT2D eigenvalue weighted by Crippen LogP contribution is -2.30. The van der Waals surface area contributed by atoms with Crippen molar-refractivity contribution in [2.75, 3.05) is 24.2 Å². The third-order valence-electron chi connectivity index (χ3n) is 3.10. The van der Waals surface area contributed by atoms with E-state index in [9.17, 15) is 8.42 Å². The first-order chi connectivity index (χ1) is 9.50. The number of anilines is 1. The summed E-state index contributed by atoms with van der Waals surface area (Å²) in [4.78, 5) is 0. The Balaban J connectivity index is 2.02. The molecule has 1 atom stereocenters. The van der Waals surface area contributed by atoms with Gasteiger partial charge in [-0.25, -0.2) is 8.42 Å². The quantitative estimate of drug-likeness (QED) is 0.906. The molecule has 0 aromatic heterocycles. The number of hydrogen-bond donors (Lipinski definition) is 1. The van der Waals surface area contributed by atoms with Crippen LogP contribution in [0, 0.1) is 0 Å². The van der Waals surface area contributed by atoms with Crippen LogP contribution < -0.4 is 9.46 Å². The molecule has 0 spiro atoms. The summed E-state index contributed by atoms with van der Waals surface area (Å²) in [5.74, 6) is 0.474. The summed E-state index contributed by atoms with van der Waals surface area (Å²) in [6.45, 7) is 0.633. The van der Waals surface area contributed by atoms with Gasteiger partial charge in [0, 0.05) is 6.61 Å².